The van der Waals surface area contributed by atoms with Crippen LogP contribution in [0.5, 0.6) is 0 Å². The highest BCUT2D eigenvalue weighted by Gasteiger charge is 2.07. The second kappa shape index (κ2) is 5.92. The van der Waals surface area contributed by atoms with Gasteiger partial charge in [-0.2, -0.15) is 0 Å². The van der Waals surface area contributed by atoms with Gasteiger partial charge in [0, 0.05) is 18.7 Å². The highest BCUT2D eigenvalue weighted by Crippen LogP contribution is 2.13. The normalized spacial score (nSPS) is 12.9. The Morgan fingerprint density at radius 2 is 2.20 bits per heavy atom. The summed E-state index contributed by atoms with van der Waals surface area (Å²) in [6.07, 6.45) is 3.56. The molecule has 0 fully saturated rings. The van der Waals surface area contributed by atoms with Crippen molar-refractivity contribution in [3.05, 3.63) is 12.4 Å². The summed E-state index contributed by atoms with van der Waals surface area (Å²) in [5.41, 5.74) is 5.92. The van der Waals surface area contributed by atoms with Crippen LogP contribution in [0.25, 0.3) is 0 Å². The van der Waals surface area contributed by atoms with E-state index in [0.29, 0.717) is 5.92 Å². The Morgan fingerprint density at radius 1 is 1.47 bits per heavy atom. The van der Waals surface area contributed by atoms with Crippen LogP contribution < -0.4 is 11.1 Å². The third-order valence-corrected chi connectivity index (χ3v) is 2.87. The van der Waals surface area contributed by atoms with Gasteiger partial charge in [-0.05, 0) is 12.2 Å². The van der Waals surface area contributed by atoms with Crippen LogP contribution in [0.1, 0.15) is 13.8 Å². The summed E-state index contributed by atoms with van der Waals surface area (Å²) >= 11 is 1.60. The number of hydrogen-bond donors (Lipinski definition) is 2. The first-order chi connectivity index (χ1) is 7.13. The molecule has 0 saturated heterocycles. The molecule has 1 rings (SSSR count). The Hall–Kier alpha value is -0.810. The van der Waals surface area contributed by atoms with Crippen LogP contribution in [-0.2, 0) is 0 Å². The fraction of sp³-hybridized carbons (Fsp3) is 0.600. The zero-order chi connectivity index (χ0) is 11.3. The minimum Gasteiger partial charge on any atom is -0.368 e. The van der Waals surface area contributed by atoms with Crippen LogP contribution in [0.2, 0.25) is 0 Å². The molecule has 0 amide bonds. The van der Waals surface area contributed by atoms with Gasteiger partial charge < -0.3 is 11.1 Å². The molecule has 1 atom stereocenters. The number of nitrogens with one attached hydrogen (secondary N) is 1. The lowest BCUT2D eigenvalue weighted by molar-refractivity contribution is 0.511. The zero-order valence-corrected chi connectivity index (χ0v) is 10.2. The van der Waals surface area contributed by atoms with Crippen LogP contribution in [0.15, 0.2) is 17.4 Å². The van der Waals surface area contributed by atoms with Gasteiger partial charge in [-0.3, -0.25) is 0 Å². The van der Waals surface area contributed by atoms with Crippen LogP contribution in [-0.4, -0.2) is 28.8 Å². The van der Waals surface area contributed by atoms with E-state index in [1.54, 1.807) is 18.1 Å². The Kier molecular flexibility index (Phi) is 4.84. The number of aromatic nitrogens is 2. The fourth-order valence-corrected chi connectivity index (χ4v) is 1.39. The van der Waals surface area contributed by atoms with Gasteiger partial charge in [0.05, 0.1) is 0 Å². The van der Waals surface area contributed by atoms with Gasteiger partial charge in [0.2, 0.25) is 0 Å². The van der Waals surface area contributed by atoms with Crippen molar-refractivity contribution in [3.63, 3.8) is 0 Å². The quantitative estimate of drug-likeness (QED) is 0.589. The van der Waals surface area contributed by atoms with Gasteiger partial charge >= 0.3 is 0 Å². The largest absolute Gasteiger partial charge is 0.368 e. The van der Waals surface area contributed by atoms with E-state index in [2.05, 4.69) is 29.1 Å². The van der Waals surface area contributed by atoms with Crippen molar-refractivity contribution in [2.45, 2.75) is 24.9 Å². The summed E-state index contributed by atoms with van der Waals surface area (Å²) in [5.74, 6) is 1.31. The smallest absolute Gasteiger partial charge is 0.130 e. The maximum absolute atomic E-state index is 5.92. The van der Waals surface area contributed by atoms with Crippen molar-refractivity contribution in [1.29, 1.82) is 0 Å². The molecule has 0 aliphatic heterocycles. The molecule has 1 heterocycles. The summed E-state index contributed by atoms with van der Waals surface area (Å²) in [6.45, 7) is 4.96. The predicted octanol–water partition coefficient (Wildman–Crippen LogP) is 1.59. The van der Waals surface area contributed by atoms with Gasteiger partial charge in [-0.25, -0.2) is 9.97 Å². The van der Waals surface area contributed by atoms with E-state index in [1.807, 2.05) is 12.3 Å². The van der Waals surface area contributed by atoms with Crippen molar-refractivity contribution in [2.75, 3.05) is 18.1 Å². The second-order valence-corrected chi connectivity index (χ2v) is 4.56. The van der Waals surface area contributed by atoms with Crippen molar-refractivity contribution >= 4 is 17.6 Å². The first kappa shape index (κ1) is 12.3. The Balaban J connectivity index is 2.50. The molecule has 3 N–H and O–H groups in total. The van der Waals surface area contributed by atoms with E-state index in [-0.39, 0.29) is 6.04 Å². The Morgan fingerprint density at radius 3 is 2.80 bits per heavy atom. The third-order valence-electron chi connectivity index (χ3n) is 2.23. The molecule has 1 unspecified atom stereocenters. The molecule has 0 saturated carbocycles. The Bertz CT molecular complexity index is 303. The number of hydrogen-bond acceptors (Lipinski definition) is 5. The molecular weight excluding hydrogens is 208 g/mol. The van der Waals surface area contributed by atoms with Crippen molar-refractivity contribution < 1.29 is 0 Å². The van der Waals surface area contributed by atoms with Crippen molar-refractivity contribution in [2.24, 2.45) is 11.7 Å². The molecule has 4 nitrogen and oxygen atoms in total. The summed E-state index contributed by atoms with van der Waals surface area (Å²) in [7, 11) is 0. The highest BCUT2D eigenvalue weighted by atomic mass is 32.2. The van der Waals surface area contributed by atoms with Crippen LogP contribution in [0, 0.1) is 5.92 Å². The second-order valence-electron chi connectivity index (χ2n) is 3.73. The predicted molar refractivity (Wildman–Crippen MR) is 65.1 cm³/mol. The van der Waals surface area contributed by atoms with E-state index in [9.17, 15) is 0 Å². The first-order valence-corrected chi connectivity index (χ1v) is 6.21. The summed E-state index contributed by atoms with van der Waals surface area (Å²) in [4.78, 5) is 8.23. The first-order valence-electron chi connectivity index (χ1n) is 4.99. The SMILES string of the molecule is CSc1cc(NCC(N)C(C)C)ncn1. The van der Waals surface area contributed by atoms with Gasteiger partial charge in [0.15, 0.2) is 0 Å². The molecular formula is C10H18N4S. The molecule has 0 bridgehead atoms. The van der Waals surface area contributed by atoms with E-state index < -0.39 is 0 Å². The van der Waals surface area contributed by atoms with E-state index in [1.165, 1.54) is 0 Å². The average molecular weight is 226 g/mol. The number of anilines is 1. The lowest BCUT2D eigenvalue weighted by atomic mass is 10.1. The minimum atomic E-state index is 0.151. The number of rotatable bonds is 5. The molecule has 0 aromatic carbocycles. The monoisotopic (exact) mass is 226 g/mol. The maximum atomic E-state index is 5.92. The maximum Gasteiger partial charge on any atom is 0.130 e. The van der Waals surface area contributed by atoms with E-state index >= 15 is 0 Å². The molecule has 0 aliphatic carbocycles. The fourth-order valence-electron chi connectivity index (χ4n) is 1.01. The lowest BCUT2D eigenvalue weighted by Crippen LogP contribution is -2.34. The van der Waals surface area contributed by atoms with Crippen molar-refractivity contribution in [3.8, 4) is 0 Å². The molecule has 1 aromatic heterocycles. The van der Waals surface area contributed by atoms with Crippen LogP contribution in [0.4, 0.5) is 5.82 Å². The van der Waals surface area contributed by atoms with Crippen LogP contribution >= 0.6 is 11.8 Å². The molecule has 0 aliphatic rings. The average Bonchev–Trinajstić information content (AvgIpc) is 2.26. The lowest BCUT2D eigenvalue weighted by Gasteiger charge is -2.16. The highest BCUT2D eigenvalue weighted by molar-refractivity contribution is 7.98. The van der Waals surface area contributed by atoms with Gasteiger partial charge in [0.25, 0.3) is 0 Å². The molecule has 5 heteroatoms. The standard InChI is InChI=1S/C10H18N4S/c1-7(2)8(11)5-12-9-4-10(15-3)14-6-13-9/h4,6-8H,5,11H2,1-3H3,(H,12,13,14). The summed E-state index contributed by atoms with van der Waals surface area (Å²) < 4.78 is 0. The minimum absolute atomic E-state index is 0.151. The molecule has 1 aromatic rings. The van der Waals surface area contributed by atoms with Crippen LogP contribution in [0.3, 0.4) is 0 Å². The van der Waals surface area contributed by atoms with Gasteiger partial charge in [-0.15, -0.1) is 11.8 Å². The summed E-state index contributed by atoms with van der Waals surface area (Å²) in [6, 6.07) is 2.08. The molecule has 0 spiro atoms. The molecule has 0 radical (unpaired) electrons. The number of nitrogens with zero attached hydrogens (tertiary/aromatic N) is 2. The number of thioether (sulfide) groups is 1. The van der Waals surface area contributed by atoms with Gasteiger partial charge in [-0.1, -0.05) is 13.8 Å². The van der Waals surface area contributed by atoms with E-state index in [4.69, 9.17) is 5.73 Å². The number of nitrogens with two attached hydrogens (primary N) is 1. The third kappa shape index (κ3) is 4.05. The van der Waals surface area contributed by atoms with Crippen molar-refractivity contribution in [1.82, 2.24) is 9.97 Å². The summed E-state index contributed by atoms with van der Waals surface area (Å²) in [5, 5.41) is 4.17. The van der Waals surface area contributed by atoms with Gasteiger partial charge in [0.1, 0.15) is 17.2 Å². The molecule has 15 heavy (non-hydrogen) atoms. The molecule has 84 valence electrons. The van der Waals surface area contributed by atoms with E-state index in [0.717, 1.165) is 17.4 Å². The topological polar surface area (TPSA) is 63.8 Å². The zero-order valence-electron chi connectivity index (χ0n) is 9.40. The Labute approximate surface area is 95.1 Å².